The fraction of sp³-hybridized carbons (Fsp3) is 0.519. The first-order valence-corrected chi connectivity index (χ1v) is 14.1. The monoisotopic (exact) mass is 576 g/mol. The summed E-state index contributed by atoms with van der Waals surface area (Å²) in [7, 11) is 0. The van der Waals surface area contributed by atoms with Crippen molar-refractivity contribution in [2.75, 3.05) is 19.8 Å². The van der Waals surface area contributed by atoms with Crippen LogP contribution < -0.4 is 0 Å². The number of carbonyl (C=O) groups excluding carboxylic acids is 3. The van der Waals surface area contributed by atoms with E-state index in [2.05, 4.69) is 29.1 Å². The normalized spacial score (nSPS) is 31.1. The molecule has 0 saturated carbocycles. The molecule has 3 saturated heterocycles. The summed E-state index contributed by atoms with van der Waals surface area (Å²) in [5, 5.41) is 9.87. The lowest BCUT2D eigenvalue weighted by molar-refractivity contribution is -0.154. The largest absolute Gasteiger partial charge is 0.465 e. The van der Waals surface area contributed by atoms with Crippen LogP contribution >= 0.6 is 27.7 Å². The van der Waals surface area contributed by atoms with Gasteiger partial charge in [-0.15, -0.1) is 24.9 Å². The minimum atomic E-state index is -0.804. The van der Waals surface area contributed by atoms with Gasteiger partial charge in [0.1, 0.15) is 6.04 Å². The van der Waals surface area contributed by atoms with Gasteiger partial charge >= 0.3 is 5.97 Å². The Morgan fingerprint density at radius 2 is 2.06 bits per heavy atom. The number of esters is 1. The van der Waals surface area contributed by atoms with Gasteiger partial charge in [0, 0.05) is 23.2 Å². The highest BCUT2D eigenvalue weighted by atomic mass is 79.9. The average Bonchev–Trinajstić information content (AvgIpc) is 3.47. The van der Waals surface area contributed by atoms with Gasteiger partial charge in [0.2, 0.25) is 11.8 Å². The van der Waals surface area contributed by atoms with Crippen molar-refractivity contribution in [3.8, 4) is 0 Å². The number of ether oxygens (including phenoxy) is 1. The molecule has 2 bridgehead atoms. The van der Waals surface area contributed by atoms with Crippen molar-refractivity contribution < 1.29 is 24.2 Å². The lowest BCUT2D eigenvalue weighted by Crippen LogP contribution is -2.57. The molecule has 3 heterocycles. The number of hydrogen-bond donors (Lipinski definition) is 1. The van der Waals surface area contributed by atoms with Crippen LogP contribution in [-0.4, -0.2) is 79.4 Å². The van der Waals surface area contributed by atoms with E-state index in [4.69, 9.17) is 4.74 Å². The Morgan fingerprint density at radius 3 is 2.69 bits per heavy atom. The zero-order valence-corrected chi connectivity index (χ0v) is 22.8. The minimum Gasteiger partial charge on any atom is -0.465 e. The summed E-state index contributed by atoms with van der Waals surface area (Å²) in [6.07, 6.45) is 4.47. The van der Waals surface area contributed by atoms with E-state index in [-0.39, 0.29) is 35.1 Å². The summed E-state index contributed by atoms with van der Waals surface area (Å²) in [6.45, 7) is 9.86. The van der Waals surface area contributed by atoms with Gasteiger partial charge in [0.15, 0.2) is 0 Å². The molecule has 4 rings (SSSR count). The number of amides is 2. The van der Waals surface area contributed by atoms with Crippen LogP contribution in [0.3, 0.4) is 0 Å². The number of halogens is 1. The van der Waals surface area contributed by atoms with Crippen LogP contribution in [0.4, 0.5) is 0 Å². The molecule has 0 radical (unpaired) electrons. The van der Waals surface area contributed by atoms with Gasteiger partial charge in [0.05, 0.1) is 35.8 Å². The summed E-state index contributed by atoms with van der Waals surface area (Å²) in [5.74, 6) is -2.19. The lowest BCUT2D eigenvalue weighted by Gasteiger charge is -2.39. The number of likely N-dealkylation sites (tertiary alicyclic amines) is 1. The molecular formula is C27H33BrN2O5S. The zero-order chi connectivity index (χ0) is 26.0. The molecule has 3 fully saturated rings. The zero-order valence-electron chi connectivity index (χ0n) is 20.4. The first-order chi connectivity index (χ1) is 17.3. The minimum absolute atomic E-state index is 0.0369. The van der Waals surface area contributed by atoms with E-state index in [1.165, 1.54) is 4.90 Å². The third-order valence-electron chi connectivity index (χ3n) is 7.42. The fourth-order valence-electron chi connectivity index (χ4n) is 5.88. The maximum absolute atomic E-state index is 14.3. The lowest BCUT2D eigenvalue weighted by atomic mass is 9.71. The molecule has 2 amide bonds. The molecule has 1 N–H and O–H groups in total. The second-order valence-corrected chi connectivity index (χ2v) is 12.4. The molecule has 0 aliphatic carbocycles. The molecule has 9 heteroatoms. The molecule has 36 heavy (non-hydrogen) atoms. The molecule has 0 aromatic heterocycles. The van der Waals surface area contributed by atoms with Crippen molar-refractivity contribution in [2.45, 2.75) is 53.2 Å². The van der Waals surface area contributed by atoms with Crippen LogP contribution in [0, 0.1) is 11.8 Å². The van der Waals surface area contributed by atoms with Crippen LogP contribution in [0.15, 0.2) is 55.6 Å². The first kappa shape index (κ1) is 26.9. The van der Waals surface area contributed by atoms with Gasteiger partial charge in [0.25, 0.3) is 0 Å². The average molecular weight is 578 g/mol. The summed E-state index contributed by atoms with van der Waals surface area (Å²) in [6, 6.07) is 8.31. The van der Waals surface area contributed by atoms with Gasteiger partial charge < -0.3 is 19.6 Å². The molecule has 7 nitrogen and oxygen atoms in total. The maximum atomic E-state index is 14.3. The van der Waals surface area contributed by atoms with E-state index < -0.39 is 34.6 Å². The van der Waals surface area contributed by atoms with Crippen LogP contribution in [0.1, 0.15) is 25.3 Å². The number of nitrogens with zero attached hydrogens (tertiary/aromatic N) is 2. The van der Waals surface area contributed by atoms with E-state index in [1.54, 1.807) is 35.7 Å². The van der Waals surface area contributed by atoms with Crippen LogP contribution in [0.2, 0.25) is 0 Å². The fourth-order valence-corrected chi connectivity index (χ4v) is 9.46. The Hall–Kier alpha value is -2.10. The highest BCUT2D eigenvalue weighted by Gasteiger charge is 2.76. The summed E-state index contributed by atoms with van der Waals surface area (Å²) in [4.78, 5) is 44.7. The van der Waals surface area contributed by atoms with Crippen molar-refractivity contribution in [1.82, 2.24) is 9.80 Å². The van der Waals surface area contributed by atoms with Gasteiger partial charge in [-0.3, -0.25) is 14.4 Å². The van der Waals surface area contributed by atoms with Gasteiger partial charge in [-0.1, -0.05) is 58.4 Å². The number of alkyl halides is 1. The second-order valence-electron chi connectivity index (χ2n) is 9.68. The van der Waals surface area contributed by atoms with Crippen molar-refractivity contribution in [1.29, 1.82) is 0 Å². The Labute approximate surface area is 225 Å². The number of thioether (sulfide) groups is 1. The molecule has 1 aromatic rings. The highest BCUT2D eigenvalue weighted by molar-refractivity contribution is 9.09. The summed E-state index contributed by atoms with van der Waals surface area (Å²) >= 11 is 5.31. The van der Waals surface area contributed by atoms with Gasteiger partial charge in [-0.25, -0.2) is 0 Å². The topological polar surface area (TPSA) is 87.2 Å². The van der Waals surface area contributed by atoms with E-state index in [9.17, 15) is 19.5 Å². The molecule has 1 spiro atoms. The van der Waals surface area contributed by atoms with E-state index in [1.807, 2.05) is 30.3 Å². The Balaban J connectivity index is 1.72. The third kappa shape index (κ3) is 4.54. The number of aliphatic hydroxyl groups is 1. The first-order valence-electron chi connectivity index (χ1n) is 12.3. The predicted molar refractivity (Wildman–Crippen MR) is 143 cm³/mol. The summed E-state index contributed by atoms with van der Waals surface area (Å²) < 4.78 is 4.75. The Kier molecular flexibility index (Phi) is 8.32. The van der Waals surface area contributed by atoms with Crippen molar-refractivity contribution >= 4 is 45.5 Å². The molecule has 7 atom stereocenters. The standard InChI is InChI=1S/C27H33BrN2O5S/c1-4-6-13-35-26(34)20-21-24(32)30(17(3)16-31)23(27(21)14-19(28)22(20)36-27)25(33)29(12-5-2)15-18-10-8-7-9-11-18/h4-5,7-11,17,19-23,31H,1-2,6,12-16H2,3H3/t17-,19?,20-,21+,22-,23?,27?/m1/s1. The predicted octanol–water partition coefficient (Wildman–Crippen LogP) is 3.17. The smallest absolute Gasteiger partial charge is 0.310 e. The molecule has 3 unspecified atom stereocenters. The van der Waals surface area contributed by atoms with E-state index >= 15 is 0 Å². The third-order valence-corrected chi connectivity index (χ3v) is 10.6. The van der Waals surface area contributed by atoms with Crippen molar-refractivity contribution in [3.63, 3.8) is 0 Å². The maximum Gasteiger partial charge on any atom is 0.310 e. The van der Waals surface area contributed by atoms with Crippen LogP contribution in [0.5, 0.6) is 0 Å². The SMILES string of the molecule is C=CCCOC(=O)[C@H]1[C@@H]2SC3(CC2Br)C(C(=O)N(CC=C)Cc2ccccc2)N([C@H](C)CO)C(=O)[C@H]13. The highest BCUT2D eigenvalue weighted by Crippen LogP contribution is 2.68. The van der Waals surface area contributed by atoms with Crippen LogP contribution in [0.25, 0.3) is 0 Å². The van der Waals surface area contributed by atoms with Crippen LogP contribution in [-0.2, 0) is 25.7 Å². The van der Waals surface area contributed by atoms with Crippen molar-refractivity contribution in [3.05, 3.63) is 61.2 Å². The van der Waals surface area contributed by atoms with E-state index in [0.29, 0.717) is 25.9 Å². The van der Waals surface area contributed by atoms with Gasteiger partial charge in [-0.2, -0.15) is 0 Å². The number of carbonyl (C=O) groups is 3. The van der Waals surface area contributed by atoms with Gasteiger partial charge in [-0.05, 0) is 25.3 Å². The Bertz CT molecular complexity index is 1020. The number of benzene rings is 1. The molecular weight excluding hydrogens is 544 g/mol. The van der Waals surface area contributed by atoms with E-state index in [0.717, 1.165) is 5.56 Å². The number of hydrogen-bond acceptors (Lipinski definition) is 6. The quantitative estimate of drug-likeness (QED) is 0.188. The molecule has 194 valence electrons. The number of aliphatic hydroxyl groups excluding tert-OH is 1. The molecule has 3 aliphatic rings. The Morgan fingerprint density at radius 1 is 1.33 bits per heavy atom. The second kappa shape index (κ2) is 11.1. The molecule has 3 aliphatic heterocycles. The van der Waals surface area contributed by atoms with Crippen molar-refractivity contribution in [2.24, 2.45) is 11.8 Å². The number of fused-ring (bicyclic) bond motifs is 1. The number of rotatable bonds is 11. The summed E-state index contributed by atoms with van der Waals surface area (Å²) in [5.41, 5.74) is 0.971. The molecule has 1 aromatic carbocycles.